The molecule has 0 saturated carbocycles. The molecule has 0 saturated heterocycles. The number of rotatable bonds is 4. The van der Waals surface area contributed by atoms with Crippen molar-refractivity contribution in [1.29, 1.82) is 0 Å². The number of carbonyl (C=O) groups is 2. The third-order valence-corrected chi connectivity index (χ3v) is 7.18. The number of anilines is 2. The molecule has 0 fully saturated rings. The molecule has 6 nitrogen and oxygen atoms in total. The fourth-order valence-electron chi connectivity index (χ4n) is 3.59. The summed E-state index contributed by atoms with van der Waals surface area (Å²) in [6, 6.07) is 23.9. The van der Waals surface area contributed by atoms with Crippen LogP contribution in [0.25, 0.3) is 0 Å². The van der Waals surface area contributed by atoms with Gasteiger partial charge in [-0.15, -0.1) is 0 Å². The predicted octanol–water partition coefficient (Wildman–Crippen LogP) is 3.58. The second-order valence-corrected chi connectivity index (χ2v) is 9.11. The summed E-state index contributed by atoms with van der Waals surface area (Å²) in [6.07, 6.45) is -0.236. The molecular formula is C23H20N2O4S. The maximum Gasteiger partial charge on any atom is 0.244 e. The predicted molar refractivity (Wildman–Crippen MR) is 115 cm³/mol. The molecule has 0 bridgehead atoms. The molecule has 30 heavy (non-hydrogen) atoms. The summed E-state index contributed by atoms with van der Waals surface area (Å²) < 4.78 is 26.8. The monoisotopic (exact) mass is 420 g/mol. The number of nitrogens with one attached hydrogen (secondary N) is 1. The van der Waals surface area contributed by atoms with Crippen molar-refractivity contribution in [2.45, 2.75) is 16.6 Å². The molecular weight excluding hydrogens is 400 g/mol. The summed E-state index contributed by atoms with van der Waals surface area (Å²) in [4.78, 5) is 27.0. The Morgan fingerprint density at radius 1 is 0.900 bits per heavy atom. The Bertz CT molecular complexity index is 1180. The molecule has 1 N–H and O–H groups in total. The van der Waals surface area contributed by atoms with Crippen LogP contribution in [0, 0.1) is 0 Å². The van der Waals surface area contributed by atoms with E-state index in [2.05, 4.69) is 5.32 Å². The van der Waals surface area contributed by atoms with Crippen LogP contribution in [0.4, 0.5) is 11.4 Å². The lowest BCUT2D eigenvalue weighted by Gasteiger charge is -2.21. The van der Waals surface area contributed by atoms with E-state index in [1.807, 2.05) is 6.07 Å². The number of sulfone groups is 1. The topological polar surface area (TPSA) is 83.6 Å². The summed E-state index contributed by atoms with van der Waals surface area (Å²) in [5.74, 6) is -0.819. The normalized spacial score (nSPS) is 17.7. The largest absolute Gasteiger partial charge is 0.325 e. The van der Waals surface area contributed by atoms with E-state index >= 15 is 0 Å². The standard InChI is InChI=1S/C23H20N2O4S/c26-22(24-18-11-5-2-6-12-18)16-25-19-13-7-8-14-20(19)30(28,29)21(15-23(25)27)17-9-3-1-4-10-17/h1-14,21H,15-16H2,(H,24,26)/t21-/m1/s1. The quantitative estimate of drug-likeness (QED) is 0.699. The zero-order chi connectivity index (χ0) is 21.1. The molecule has 3 aromatic carbocycles. The van der Waals surface area contributed by atoms with Gasteiger partial charge in [0.15, 0.2) is 9.84 Å². The maximum absolute atomic E-state index is 13.4. The molecule has 0 aliphatic carbocycles. The van der Waals surface area contributed by atoms with Crippen LogP contribution in [-0.4, -0.2) is 26.8 Å². The molecule has 0 unspecified atom stereocenters. The highest BCUT2D eigenvalue weighted by Crippen LogP contribution is 2.40. The summed E-state index contributed by atoms with van der Waals surface area (Å²) >= 11 is 0. The Hall–Kier alpha value is -3.45. The van der Waals surface area contributed by atoms with Crippen molar-refractivity contribution in [2.24, 2.45) is 0 Å². The molecule has 1 aliphatic rings. The lowest BCUT2D eigenvalue weighted by Crippen LogP contribution is -2.38. The highest BCUT2D eigenvalue weighted by atomic mass is 32.2. The minimum Gasteiger partial charge on any atom is -0.325 e. The van der Waals surface area contributed by atoms with Gasteiger partial charge in [0.1, 0.15) is 6.54 Å². The third kappa shape index (κ3) is 3.84. The van der Waals surface area contributed by atoms with Crippen molar-refractivity contribution in [3.05, 3.63) is 90.5 Å². The number of para-hydroxylation sites is 2. The average molecular weight is 420 g/mol. The highest BCUT2D eigenvalue weighted by molar-refractivity contribution is 7.92. The Balaban J connectivity index is 1.71. The summed E-state index contributed by atoms with van der Waals surface area (Å²) in [6.45, 7) is -0.276. The lowest BCUT2D eigenvalue weighted by molar-refractivity contribution is -0.121. The molecule has 3 aromatic rings. The smallest absolute Gasteiger partial charge is 0.244 e. The Morgan fingerprint density at radius 2 is 1.50 bits per heavy atom. The number of fused-ring (bicyclic) bond motifs is 1. The van der Waals surface area contributed by atoms with E-state index in [0.717, 1.165) is 0 Å². The summed E-state index contributed by atoms with van der Waals surface area (Å²) in [5.41, 5.74) is 1.38. The first-order valence-electron chi connectivity index (χ1n) is 9.50. The van der Waals surface area contributed by atoms with E-state index in [1.165, 1.54) is 11.0 Å². The molecule has 1 aliphatic heterocycles. The first-order chi connectivity index (χ1) is 14.5. The van der Waals surface area contributed by atoms with E-state index in [1.54, 1.807) is 72.8 Å². The fraction of sp³-hybridized carbons (Fsp3) is 0.130. The van der Waals surface area contributed by atoms with Gasteiger partial charge in [0.2, 0.25) is 11.8 Å². The van der Waals surface area contributed by atoms with Crippen LogP contribution < -0.4 is 10.2 Å². The summed E-state index contributed by atoms with van der Waals surface area (Å²) in [7, 11) is -3.83. The van der Waals surface area contributed by atoms with E-state index in [-0.39, 0.29) is 23.5 Å². The van der Waals surface area contributed by atoms with Gasteiger partial charge in [0.05, 0.1) is 15.8 Å². The number of hydrogen-bond acceptors (Lipinski definition) is 4. The van der Waals surface area contributed by atoms with Crippen LogP contribution in [0.3, 0.4) is 0 Å². The van der Waals surface area contributed by atoms with E-state index in [9.17, 15) is 18.0 Å². The zero-order valence-electron chi connectivity index (χ0n) is 16.1. The fourth-order valence-corrected chi connectivity index (χ4v) is 5.51. The van der Waals surface area contributed by atoms with Crippen molar-refractivity contribution in [2.75, 3.05) is 16.8 Å². The average Bonchev–Trinajstić information content (AvgIpc) is 2.84. The van der Waals surface area contributed by atoms with Crippen LogP contribution in [0.5, 0.6) is 0 Å². The zero-order valence-corrected chi connectivity index (χ0v) is 16.9. The number of nitrogens with zero attached hydrogens (tertiary/aromatic N) is 1. The van der Waals surface area contributed by atoms with Crippen LogP contribution in [-0.2, 0) is 19.4 Å². The Kier molecular flexibility index (Phi) is 5.37. The van der Waals surface area contributed by atoms with E-state index in [0.29, 0.717) is 11.3 Å². The van der Waals surface area contributed by atoms with Crippen LogP contribution in [0.1, 0.15) is 17.2 Å². The number of carbonyl (C=O) groups excluding carboxylic acids is 2. The van der Waals surface area contributed by atoms with Gasteiger partial charge >= 0.3 is 0 Å². The van der Waals surface area contributed by atoms with Crippen molar-refractivity contribution < 1.29 is 18.0 Å². The van der Waals surface area contributed by atoms with Gasteiger partial charge in [-0.05, 0) is 29.8 Å². The third-order valence-electron chi connectivity index (χ3n) is 5.03. The molecule has 1 atom stereocenters. The van der Waals surface area contributed by atoms with Crippen molar-refractivity contribution in [1.82, 2.24) is 0 Å². The number of hydrogen-bond donors (Lipinski definition) is 1. The van der Waals surface area contributed by atoms with Gasteiger partial charge < -0.3 is 10.2 Å². The maximum atomic E-state index is 13.4. The first-order valence-corrected chi connectivity index (χ1v) is 11.0. The van der Waals surface area contributed by atoms with Gasteiger partial charge in [0.25, 0.3) is 0 Å². The van der Waals surface area contributed by atoms with Crippen molar-refractivity contribution >= 4 is 33.0 Å². The molecule has 1 heterocycles. The number of benzene rings is 3. The summed E-state index contributed by atoms with van der Waals surface area (Å²) in [5, 5.41) is 1.74. The highest BCUT2D eigenvalue weighted by Gasteiger charge is 2.39. The van der Waals surface area contributed by atoms with Gasteiger partial charge in [-0.1, -0.05) is 60.7 Å². The van der Waals surface area contributed by atoms with Gasteiger partial charge in [-0.25, -0.2) is 8.42 Å². The second kappa shape index (κ2) is 8.12. The van der Waals surface area contributed by atoms with Gasteiger partial charge in [-0.3, -0.25) is 9.59 Å². The van der Waals surface area contributed by atoms with Crippen molar-refractivity contribution in [3.8, 4) is 0 Å². The van der Waals surface area contributed by atoms with Crippen molar-refractivity contribution in [3.63, 3.8) is 0 Å². The molecule has 0 spiro atoms. The minimum absolute atomic E-state index is 0.0530. The molecule has 4 rings (SSSR count). The molecule has 152 valence electrons. The van der Waals surface area contributed by atoms with Crippen LogP contribution >= 0.6 is 0 Å². The molecule has 2 amide bonds. The first kappa shape index (κ1) is 19.8. The molecule has 7 heteroatoms. The minimum atomic E-state index is -3.83. The van der Waals surface area contributed by atoms with Crippen LogP contribution in [0.15, 0.2) is 89.8 Å². The van der Waals surface area contributed by atoms with Crippen LogP contribution in [0.2, 0.25) is 0 Å². The second-order valence-electron chi connectivity index (χ2n) is 7.01. The van der Waals surface area contributed by atoms with Gasteiger partial charge in [-0.2, -0.15) is 0 Å². The lowest BCUT2D eigenvalue weighted by atomic mass is 10.1. The molecule has 0 aromatic heterocycles. The van der Waals surface area contributed by atoms with Gasteiger partial charge in [0, 0.05) is 12.1 Å². The molecule has 0 radical (unpaired) electrons. The van der Waals surface area contributed by atoms with E-state index in [4.69, 9.17) is 0 Å². The van der Waals surface area contributed by atoms with E-state index < -0.39 is 26.9 Å². The Morgan fingerprint density at radius 3 is 2.20 bits per heavy atom. The SMILES string of the molecule is O=C(CN1C(=O)C[C@H](c2ccccc2)S(=O)(=O)c2ccccc21)Nc1ccccc1. The Labute approximate surface area is 175 Å². The number of amides is 2.